The Kier molecular flexibility index (Phi) is 4.63. The van der Waals surface area contributed by atoms with Crippen molar-refractivity contribution < 1.29 is 14.6 Å². The molecule has 4 nitrogen and oxygen atoms in total. The monoisotopic (exact) mass is 361 g/mol. The van der Waals surface area contributed by atoms with Crippen molar-refractivity contribution in [1.29, 1.82) is 0 Å². The normalized spacial score (nSPS) is 23.8. The van der Waals surface area contributed by atoms with Crippen LogP contribution >= 0.6 is 0 Å². The first kappa shape index (κ1) is 17.6. The zero-order valence-corrected chi connectivity index (χ0v) is 15.2. The zero-order valence-electron chi connectivity index (χ0n) is 15.2. The molecular formula is C23H23NO3. The van der Waals surface area contributed by atoms with Crippen LogP contribution in [-0.2, 0) is 4.74 Å². The van der Waals surface area contributed by atoms with Gasteiger partial charge in [-0.3, -0.25) is 0 Å². The molecule has 1 amide bonds. The molecule has 1 saturated carbocycles. The van der Waals surface area contributed by atoms with E-state index in [9.17, 15) is 9.90 Å². The van der Waals surface area contributed by atoms with Gasteiger partial charge in [0.2, 0.25) is 0 Å². The Bertz CT molecular complexity index is 855. The van der Waals surface area contributed by atoms with Crippen molar-refractivity contribution in [2.24, 2.45) is 0 Å². The fourth-order valence-electron chi connectivity index (χ4n) is 4.31. The molecule has 138 valence electrons. The molecule has 0 spiro atoms. The number of nitrogens with one attached hydrogen (secondary N) is 1. The number of amides is 1. The minimum Gasteiger partial charge on any atom is -0.449 e. The molecule has 2 atom stereocenters. The van der Waals surface area contributed by atoms with Crippen LogP contribution in [0.5, 0.6) is 0 Å². The molecule has 4 heteroatoms. The van der Waals surface area contributed by atoms with E-state index in [4.69, 9.17) is 11.2 Å². The number of hydrogen-bond acceptors (Lipinski definition) is 3. The van der Waals surface area contributed by atoms with Gasteiger partial charge in [0.15, 0.2) is 0 Å². The standard InChI is InChI=1S/C23H23NO3/c1-2-23(26)13-7-8-16(14-23)24-22(25)27-15-21-19-11-5-3-9-17(19)18-10-4-6-12-20(18)21/h1,3-6,9-12,16,21,26H,7-8,13-15H2,(H,24,25). The SMILES string of the molecule is C#CC1(O)CCCC(NC(=O)OCC2c3ccccc3-c3ccccc32)C1. The number of alkyl carbamates (subject to hydrolysis) is 1. The van der Waals surface area contributed by atoms with Gasteiger partial charge < -0.3 is 15.2 Å². The quantitative estimate of drug-likeness (QED) is 0.817. The van der Waals surface area contributed by atoms with Gasteiger partial charge in [0.25, 0.3) is 0 Å². The Hall–Kier alpha value is -2.77. The molecule has 2 aromatic carbocycles. The van der Waals surface area contributed by atoms with Gasteiger partial charge in [0, 0.05) is 18.4 Å². The number of carbonyl (C=O) groups excluding carboxylic acids is 1. The van der Waals surface area contributed by atoms with Crippen molar-refractivity contribution in [2.45, 2.75) is 43.2 Å². The molecule has 0 bridgehead atoms. The first-order chi connectivity index (χ1) is 13.1. The van der Waals surface area contributed by atoms with Crippen LogP contribution in [0.2, 0.25) is 0 Å². The van der Waals surface area contributed by atoms with E-state index in [-0.39, 0.29) is 18.6 Å². The molecule has 4 rings (SSSR count). The topological polar surface area (TPSA) is 58.6 Å². The number of hydrogen-bond donors (Lipinski definition) is 2. The summed E-state index contributed by atoms with van der Waals surface area (Å²) >= 11 is 0. The summed E-state index contributed by atoms with van der Waals surface area (Å²) in [6.07, 6.45) is 7.49. The number of terminal acetylenes is 1. The van der Waals surface area contributed by atoms with E-state index in [1.54, 1.807) is 0 Å². The van der Waals surface area contributed by atoms with E-state index >= 15 is 0 Å². The van der Waals surface area contributed by atoms with Gasteiger partial charge in [0.05, 0.1) is 0 Å². The number of aliphatic hydroxyl groups is 1. The highest BCUT2D eigenvalue weighted by atomic mass is 16.5. The van der Waals surface area contributed by atoms with Crippen molar-refractivity contribution in [3.05, 3.63) is 59.7 Å². The van der Waals surface area contributed by atoms with Crippen LogP contribution in [0.4, 0.5) is 4.79 Å². The van der Waals surface area contributed by atoms with E-state index in [0.29, 0.717) is 12.8 Å². The Morgan fingerprint density at radius 3 is 2.44 bits per heavy atom. The lowest BCUT2D eigenvalue weighted by atomic mass is 9.82. The van der Waals surface area contributed by atoms with Crippen LogP contribution in [0.3, 0.4) is 0 Å². The number of ether oxygens (including phenoxy) is 1. The molecule has 1 fully saturated rings. The summed E-state index contributed by atoms with van der Waals surface area (Å²) in [6, 6.07) is 16.3. The lowest BCUT2D eigenvalue weighted by Crippen LogP contribution is -2.45. The number of carbonyl (C=O) groups is 1. The number of benzene rings is 2. The Morgan fingerprint density at radius 1 is 1.19 bits per heavy atom. The number of rotatable bonds is 3. The Labute approximate surface area is 159 Å². The third-order valence-corrected chi connectivity index (χ3v) is 5.66. The molecule has 0 saturated heterocycles. The van der Waals surface area contributed by atoms with Gasteiger partial charge in [-0.15, -0.1) is 6.42 Å². The highest BCUT2D eigenvalue weighted by Gasteiger charge is 2.34. The average Bonchev–Trinajstić information content (AvgIpc) is 3.00. The Morgan fingerprint density at radius 2 is 1.81 bits per heavy atom. The zero-order chi connectivity index (χ0) is 18.9. The highest BCUT2D eigenvalue weighted by Crippen LogP contribution is 2.44. The summed E-state index contributed by atoms with van der Waals surface area (Å²) in [6.45, 7) is 0.284. The molecule has 2 N–H and O–H groups in total. The maximum Gasteiger partial charge on any atom is 0.407 e. The molecule has 0 heterocycles. The van der Waals surface area contributed by atoms with Crippen LogP contribution in [-0.4, -0.2) is 29.4 Å². The van der Waals surface area contributed by atoms with Crippen molar-refractivity contribution in [2.75, 3.05) is 6.61 Å². The second-order valence-electron chi connectivity index (χ2n) is 7.44. The summed E-state index contributed by atoms with van der Waals surface area (Å²) < 4.78 is 5.56. The smallest absolute Gasteiger partial charge is 0.407 e. The second kappa shape index (κ2) is 7.09. The van der Waals surface area contributed by atoms with E-state index in [0.717, 1.165) is 12.8 Å². The molecule has 2 unspecified atom stereocenters. The van der Waals surface area contributed by atoms with Crippen molar-refractivity contribution >= 4 is 6.09 Å². The van der Waals surface area contributed by atoms with E-state index in [1.807, 2.05) is 24.3 Å². The van der Waals surface area contributed by atoms with Crippen LogP contribution in [0.25, 0.3) is 11.1 Å². The molecule has 0 aromatic heterocycles. The van der Waals surface area contributed by atoms with Crippen LogP contribution in [0.15, 0.2) is 48.5 Å². The van der Waals surface area contributed by atoms with Crippen LogP contribution < -0.4 is 5.32 Å². The van der Waals surface area contributed by atoms with Gasteiger partial charge in [-0.25, -0.2) is 4.79 Å². The first-order valence-corrected chi connectivity index (χ1v) is 9.41. The van der Waals surface area contributed by atoms with Crippen molar-refractivity contribution in [3.8, 4) is 23.5 Å². The summed E-state index contributed by atoms with van der Waals surface area (Å²) in [5.41, 5.74) is 3.65. The number of fused-ring (bicyclic) bond motifs is 3. The van der Waals surface area contributed by atoms with E-state index in [2.05, 4.69) is 35.5 Å². The molecular weight excluding hydrogens is 338 g/mol. The third-order valence-electron chi connectivity index (χ3n) is 5.66. The van der Waals surface area contributed by atoms with Gasteiger partial charge in [-0.1, -0.05) is 54.5 Å². The van der Waals surface area contributed by atoms with Gasteiger partial charge in [0.1, 0.15) is 12.2 Å². The van der Waals surface area contributed by atoms with Gasteiger partial charge in [-0.2, -0.15) is 0 Å². The molecule has 2 aliphatic carbocycles. The van der Waals surface area contributed by atoms with Crippen molar-refractivity contribution in [1.82, 2.24) is 5.32 Å². The predicted molar refractivity (Wildman–Crippen MR) is 104 cm³/mol. The fraction of sp³-hybridized carbons (Fsp3) is 0.348. The first-order valence-electron chi connectivity index (χ1n) is 9.41. The largest absolute Gasteiger partial charge is 0.449 e. The van der Waals surface area contributed by atoms with Crippen LogP contribution in [0.1, 0.15) is 42.7 Å². The van der Waals surface area contributed by atoms with Crippen molar-refractivity contribution in [3.63, 3.8) is 0 Å². The molecule has 2 aromatic rings. The minimum atomic E-state index is -1.13. The summed E-state index contributed by atoms with van der Waals surface area (Å²) in [4.78, 5) is 12.3. The van der Waals surface area contributed by atoms with E-state index in [1.165, 1.54) is 22.3 Å². The molecule has 0 aliphatic heterocycles. The minimum absolute atomic E-state index is 0.0390. The van der Waals surface area contributed by atoms with Crippen LogP contribution in [0, 0.1) is 12.3 Å². The van der Waals surface area contributed by atoms with Gasteiger partial charge in [-0.05, 0) is 41.5 Å². The molecule has 0 radical (unpaired) electrons. The summed E-state index contributed by atoms with van der Waals surface area (Å²) in [5, 5.41) is 13.1. The fourth-order valence-corrected chi connectivity index (χ4v) is 4.31. The summed E-state index contributed by atoms with van der Waals surface area (Å²) in [5.74, 6) is 2.48. The highest BCUT2D eigenvalue weighted by molar-refractivity contribution is 5.79. The maximum absolute atomic E-state index is 12.3. The summed E-state index contributed by atoms with van der Waals surface area (Å²) in [7, 11) is 0. The third kappa shape index (κ3) is 3.43. The molecule has 27 heavy (non-hydrogen) atoms. The average molecular weight is 361 g/mol. The second-order valence-corrected chi connectivity index (χ2v) is 7.44. The van der Waals surface area contributed by atoms with Gasteiger partial charge >= 0.3 is 6.09 Å². The predicted octanol–water partition coefficient (Wildman–Crippen LogP) is 3.83. The Balaban J connectivity index is 1.42. The molecule has 2 aliphatic rings. The lowest BCUT2D eigenvalue weighted by Gasteiger charge is -2.33. The lowest BCUT2D eigenvalue weighted by molar-refractivity contribution is 0.0452. The maximum atomic E-state index is 12.3. The van der Waals surface area contributed by atoms with E-state index < -0.39 is 11.7 Å².